The molecule has 1 aromatic heterocycles. The molecule has 0 aliphatic rings. The van der Waals surface area contributed by atoms with Crippen LogP contribution in [0.25, 0.3) is 10.9 Å². The second-order valence-corrected chi connectivity index (χ2v) is 4.16. The van der Waals surface area contributed by atoms with Gasteiger partial charge in [0.15, 0.2) is 0 Å². The van der Waals surface area contributed by atoms with E-state index >= 15 is 0 Å². The number of esters is 1. The minimum Gasteiger partial charge on any atom is -0.465 e. The predicted molar refractivity (Wildman–Crippen MR) is 63.6 cm³/mol. The van der Waals surface area contributed by atoms with E-state index < -0.39 is 17.2 Å². The highest BCUT2D eigenvalue weighted by Crippen LogP contribution is 2.22. The van der Waals surface area contributed by atoms with Gasteiger partial charge in [0.2, 0.25) is 5.43 Å². The third-order valence-corrected chi connectivity index (χ3v) is 3.00. The Hall–Kier alpha value is -1.69. The van der Waals surface area contributed by atoms with Crippen molar-refractivity contribution in [3.8, 4) is 0 Å². The summed E-state index contributed by atoms with van der Waals surface area (Å²) in [6.45, 7) is 0. The molecule has 2 aromatic rings. The standard InChI is InChI=1S/C11H7BrFNO3/c1-17-11(16)5-4-14-9-6(12)2-3-7(13)8(9)10(5)15/h2-4H,1H3,(H,14,15). The van der Waals surface area contributed by atoms with E-state index in [0.29, 0.717) is 9.99 Å². The first-order valence-corrected chi connectivity index (χ1v) is 5.43. The van der Waals surface area contributed by atoms with Crippen molar-refractivity contribution in [3.63, 3.8) is 0 Å². The molecule has 0 aliphatic carbocycles. The number of ether oxygens (including phenoxy) is 1. The molecule has 0 saturated carbocycles. The highest BCUT2D eigenvalue weighted by Gasteiger charge is 2.16. The van der Waals surface area contributed by atoms with Crippen molar-refractivity contribution in [2.24, 2.45) is 0 Å². The summed E-state index contributed by atoms with van der Waals surface area (Å²) in [7, 11) is 1.16. The summed E-state index contributed by atoms with van der Waals surface area (Å²) in [5.74, 6) is -1.48. The normalized spacial score (nSPS) is 10.5. The van der Waals surface area contributed by atoms with Crippen molar-refractivity contribution in [3.05, 3.63) is 44.4 Å². The summed E-state index contributed by atoms with van der Waals surface area (Å²) in [5, 5.41) is -0.165. The van der Waals surface area contributed by atoms with Gasteiger partial charge in [-0.05, 0) is 28.1 Å². The van der Waals surface area contributed by atoms with Crippen LogP contribution in [-0.2, 0) is 4.74 Å². The molecule has 0 spiro atoms. The second kappa shape index (κ2) is 4.29. The Balaban J connectivity index is 2.89. The lowest BCUT2D eigenvalue weighted by atomic mass is 10.1. The Bertz CT molecular complexity index is 666. The number of fused-ring (bicyclic) bond motifs is 1. The van der Waals surface area contributed by atoms with Crippen LogP contribution in [0.2, 0.25) is 0 Å². The number of carbonyl (C=O) groups is 1. The summed E-state index contributed by atoms with van der Waals surface area (Å²) in [5.41, 5.74) is -0.607. The van der Waals surface area contributed by atoms with E-state index in [4.69, 9.17) is 0 Å². The van der Waals surface area contributed by atoms with Crippen LogP contribution in [0.5, 0.6) is 0 Å². The summed E-state index contributed by atoms with van der Waals surface area (Å²) in [4.78, 5) is 25.9. The molecule has 4 nitrogen and oxygen atoms in total. The monoisotopic (exact) mass is 299 g/mol. The van der Waals surface area contributed by atoms with Gasteiger partial charge in [-0.15, -0.1) is 0 Å². The van der Waals surface area contributed by atoms with Crippen molar-refractivity contribution in [2.75, 3.05) is 7.11 Å². The summed E-state index contributed by atoms with van der Waals surface area (Å²) < 4.78 is 18.6. The maximum Gasteiger partial charge on any atom is 0.343 e. The van der Waals surface area contributed by atoms with Gasteiger partial charge in [0, 0.05) is 10.7 Å². The Morgan fingerprint density at radius 3 is 2.82 bits per heavy atom. The van der Waals surface area contributed by atoms with Gasteiger partial charge in [-0.2, -0.15) is 0 Å². The average molecular weight is 300 g/mol. The molecule has 0 amide bonds. The van der Waals surface area contributed by atoms with Gasteiger partial charge < -0.3 is 9.72 Å². The number of hydrogen-bond donors (Lipinski definition) is 1. The van der Waals surface area contributed by atoms with Crippen molar-refractivity contribution < 1.29 is 13.9 Å². The fraction of sp³-hybridized carbons (Fsp3) is 0.0909. The zero-order valence-electron chi connectivity index (χ0n) is 8.71. The lowest BCUT2D eigenvalue weighted by Gasteiger charge is -2.04. The number of carbonyl (C=O) groups excluding carboxylic acids is 1. The fourth-order valence-electron chi connectivity index (χ4n) is 1.52. The van der Waals surface area contributed by atoms with E-state index in [9.17, 15) is 14.0 Å². The van der Waals surface area contributed by atoms with Crippen molar-refractivity contribution in [1.82, 2.24) is 4.98 Å². The Morgan fingerprint density at radius 2 is 2.18 bits per heavy atom. The molecule has 1 aromatic carbocycles. The number of nitrogens with one attached hydrogen (secondary N) is 1. The van der Waals surface area contributed by atoms with Crippen LogP contribution < -0.4 is 5.43 Å². The molecule has 1 N–H and O–H groups in total. The lowest BCUT2D eigenvalue weighted by molar-refractivity contribution is 0.0599. The number of halogens is 2. The van der Waals surface area contributed by atoms with Crippen LogP contribution in [0.1, 0.15) is 10.4 Å². The molecule has 1 heterocycles. The summed E-state index contributed by atoms with van der Waals surface area (Å²) >= 11 is 3.19. The molecular formula is C11H7BrFNO3. The zero-order valence-corrected chi connectivity index (χ0v) is 10.3. The summed E-state index contributed by atoms with van der Waals surface area (Å²) in [6, 6.07) is 2.63. The van der Waals surface area contributed by atoms with Gasteiger partial charge in [0.05, 0.1) is 18.0 Å². The van der Waals surface area contributed by atoms with E-state index in [0.717, 1.165) is 13.2 Å². The first kappa shape index (κ1) is 11.8. The quantitative estimate of drug-likeness (QED) is 0.822. The number of benzene rings is 1. The molecule has 0 fully saturated rings. The third-order valence-electron chi connectivity index (χ3n) is 2.34. The molecule has 2 rings (SSSR count). The second-order valence-electron chi connectivity index (χ2n) is 3.30. The molecule has 6 heteroatoms. The fourth-order valence-corrected chi connectivity index (χ4v) is 1.97. The minimum absolute atomic E-state index is 0.165. The van der Waals surface area contributed by atoms with Crippen LogP contribution in [0, 0.1) is 5.82 Å². The number of aromatic amines is 1. The molecule has 0 unspecified atom stereocenters. The lowest BCUT2D eigenvalue weighted by Crippen LogP contribution is -2.18. The number of H-pyrrole nitrogens is 1. The smallest absolute Gasteiger partial charge is 0.343 e. The highest BCUT2D eigenvalue weighted by molar-refractivity contribution is 9.10. The van der Waals surface area contributed by atoms with Crippen LogP contribution >= 0.6 is 15.9 Å². The van der Waals surface area contributed by atoms with E-state index in [-0.39, 0.29) is 10.9 Å². The molecular weight excluding hydrogens is 293 g/mol. The van der Waals surface area contributed by atoms with Crippen LogP contribution in [0.4, 0.5) is 4.39 Å². The number of pyridine rings is 1. The van der Waals surface area contributed by atoms with Crippen molar-refractivity contribution in [1.29, 1.82) is 0 Å². The minimum atomic E-state index is -0.799. The van der Waals surface area contributed by atoms with Crippen molar-refractivity contribution in [2.45, 2.75) is 0 Å². The topological polar surface area (TPSA) is 59.2 Å². The number of rotatable bonds is 1. The Morgan fingerprint density at radius 1 is 1.47 bits per heavy atom. The first-order chi connectivity index (χ1) is 8.06. The SMILES string of the molecule is COC(=O)c1c[nH]c2c(Br)ccc(F)c2c1=O. The van der Waals surface area contributed by atoms with E-state index in [2.05, 4.69) is 25.7 Å². The molecule has 0 atom stereocenters. The molecule has 0 radical (unpaired) electrons. The van der Waals surface area contributed by atoms with Gasteiger partial charge in [0.25, 0.3) is 0 Å². The number of aromatic nitrogens is 1. The average Bonchev–Trinajstić information content (AvgIpc) is 2.33. The van der Waals surface area contributed by atoms with E-state index in [1.54, 1.807) is 0 Å². The molecule has 0 aliphatic heterocycles. The van der Waals surface area contributed by atoms with Gasteiger partial charge in [-0.1, -0.05) is 0 Å². The molecule has 0 saturated heterocycles. The van der Waals surface area contributed by atoms with Crippen LogP contribution in [-0.4, -0.2) is 18.1 Å². The van der Waals surface area contributed by atoms with E-state index in [1.165, 1.54) is 12.3 Å². The number of methoxy groups -OCH3 is 1. The highest BCUT2D eigenvalue weighted by atomic mass is 79.9. The van der Waals surface area contributed by atoms with Gasteiger partial charge in [-0.25, -0.2) is 9.18 Å². The van der Waals surface area contributed by atoms with Crippen LogP contribution in [0.3, 0.4) is 0 Å². The first-order valence-electron chi connectivity index (χ1n) is 4.64. The van der Waals surface area contributed by atoms with Crippen molar-refractivity contribution >= 4 is 32.8 Å². The largest absolute Gasteiger partial charge is 0.465 e. The Kier molecular flexibility index (Phi) is 2.97. The maximum absolute atomic E-state index is 13.6. The number of hydrogen-bond acceptors (Lipinski definition) is 3. The molecule has 17 heavy (non-hydrogen) atoms. The molecule has 0 bridgehead atoms. The maximum atomic E-state index is 13.6. The van der Waals surface area contributed by atoms with Crippen LogP contribution in [0.15, 0.2) is 27.6 Å². The summed E-state index contributed by atoms with van der Waals surface area (Å²) in [6.07, 6.45) is 1.21. The predicted octanol–water partition coefficient (Wildman–Crippen LogP) is 2.22. The Labute approximate surface area is 104 Å². The third kappa shape index (κ3) is 1.84. The van der Waals surface area contributed by atoms with Gasteiger partial charge >= 0.3 is 5.97 Å². The molecule has 88 valence electrons. The van der Waals surface area contributed by atoms with Gasteiger partial charge in [-0.3, -0.25) is 4.79 Å². The van der Waals surface area contributed by atoms with E-state index in [1.807, 2.05) is 0 Å². The zero-order chi connectivity index (χ0) is 12.6. The van der Waals surface area contributed by atoms with Gasteiger partial charge in [0.1, 0.15) is 11.4 Å².